The van der Waals surface area contributed by atoms with Crippen LogP contribution in [0, 0.1) is 0 Å². The summed E-state index contributed by atoms with van der Waals surface area (Å²) in [6, 6.07) is 21.9. The maximum atomic E-state index is 13.4. The van der Waals surface area contributed by atoms with E-state index in [0.29, 0.717) is 28.2 Å². The molecule has 0 saturated heterocycles. The van der Waals surface area contributed by atoms with E-state index in [2.05, 4.69) is 20.0 Å². The minimum Gasteiger partial charge on any atom is -0.497 e. The molecule has 0 aliphatic heterocycles. The van der Waals surface area contributed by atoms with Crippen molar-refractivity contribution in [2.24, 2.45) is 0 Å². The van der Waals surface area contributed by atoms with E-state index in [-0.39, 0.29) is 38.0 Å². The third kappa shape index (κ3) is 6.33. The number of fused-ring (bicyclic) bond motifs is 1. The van der Waals surface area contributed by atoms with E-state index < -0.39 is 15.9 Å². The second-order valence-electron chi connectivity index (χ2n) is 8.70. The number of carbonyl (C=O) groups is 1. The number of ether oxygens (including phenoxy) is 3. The number of rotatable bonds is 9. The van der Waals surface area contributed by atoms with Crippen LogP contribution in [0.25, 0.3) is 11.0 Å². The van der Waals surface area contributed by atoms with E-state index in [9.17, 15) is 13.2 Å². The molecule has 0 bridgehead atoms. The topological polar surface area (TPSA) is 129 Å². The largest absolute Gasteiger partial charge is 0.497 e. The fraction of sp³-hybridized carbons (Fsp3) is 0.0690. The van der Waals surface area contributed by atoms with Gasteiger partial charge >= 0.3 is 0 Å². The molecule has 0 atom stereocenters. The van der Waals surface area contributed by atoms with Gasteiger partial charge in [-0.1, -0.05) is 35.3 Å². The summed E-state index contributed by atoms with van der Waals surface area (Å²) in [4.78, 5) is 22.3. The van der Waals surface area contributed by atoms with Crippen LogP contribution in [-0.2, 0) is 10.0 Å². The Morgan fingerprint density at radius 3 is 2.05 bits per heavy atom. The van der Waals surface area contributed by atoms with Gasteiger partial charge < -0.3 is 19.5 Å². The monoisotopic (exact) mass is 624 g/mol. The highest BCUT2D eigenvalue weighted by Crippen LogP contribution is 2.34. The zero-order valence-electron chi connectivity index (χ0n) is 22.1. The highest BCUT2D eigenvalue weighted by molar-refractivity contribution is 7.92. The van der Waals surface area contributed by atoms with Crippen molar-refractivity contribution in [3.05, 3.63) is 101 Å². The Bertz CT molecular complexity index is 1900. The van der Waals surface area contributed by atoms with Gasteiger partial charge in [0.1, 0.15) is 17.2 Å². The highest BCUT2D eigenvalue weighted by Gasteiger charge is 2.21. The number of methoxy groups -OCH3 is 2. The zero-order chi connectivity index (χ0) is 29.9. The predicted octanol–water partition coefficient (Wildman–Crippen LogP) is 6.80. The quantitative estimate of drug-likeness (QED) is 0.183. The summed E-state index contributed by atoms with van der Waals surface area (Å²) in [5, 5.41) is 3.21. The molecule has 0 radical (unpaired) electrons. The van der Waals surface area contributed by atoms with Gasteiger partial charge in [0.05, 0.1) is 45.9 Å². The molecule has 13 heteroatoms. The summed E-state index contributed by atoms with van der Waals surface area (Å²) >= 11 is 12.4. The van der Waals surface area contributed by atoms with E-state index >= 15 is 0 Å². The molecule has 0 fully saturated rings. The van der Waals surface area contributed by atoms with Crippen molar-refractivity contribution in [3.8, 4) is 23.1 Å². The summed E-state index contributed by atoms with van der Waals surface area (Å²) in [5.41, 5.74) is 1.46. The first kappa shape index (κ1) is 28.9. The Kier molecular flexibility index (Phi) is 8.34. The smallest absolute Gasteiger partial charge is 0.279 e. The molecule has 10 nitrogen and oxygen atoms in total. The third-order valence-electron chi connectivity index (χ3n) is 5.93. The molecule has 0 saturated carbocycles. The molecule has 0 unspecified atom stereocenters. The summed E-state index contributed by atoms with van der Waals surface area (Å²) in [6.07, 6.45) is 0. The molecule has 1 amide bonds. The van der Waals surface area contributed by atoms with E-state index in [4.69, 9.17) is 37.4 Å². The van der Waals surface area contributed by atoms with E-state index in [1.807, 2.05) is 0 Å². The van der Waals surface area contributed by atoms with Gasteiger partial charge in [0.15, 0.2) is 5.69 Å². The van der Waals surface area contributed by atoms with Crippen molar-refractivity contribution in [1.29, 1.82) is 0 Å². The highest BCUT2D eigenvalue weighted by atomic mass is 35.5. The van der Waals surface area contributed by atoms with Gasteiger partial charge in [-0.25, -0.2) is 18.4 Å². The number of hydrogen-bond donors (Lipinski definition) is 2. The third-order valence-corrected chi connectivity index (χ3v) is 7.91. The molecule has 214 valence electrons. The maximum absolute atomic E-state index is 13.4. The number of sulfonamides is 1. The maximum Gasteiger partial charge on any atom is 0.279 e. The zero-order valence-corrected chi connectivity index (χ0v) is 24.4. The average molecular weight is 625 g/mol. The molecule has 4 aromatic carbocycles. The molecule has 0 aliphatic rings. The minimum atomic E-state index is -3.95. The van der Waals surface area contributed by atoms with Crippen molar-refractivity contribution in [2.75, 3.05) is 24.3 Å². The SMILES string of the molecule is COc1ccc(Oc2nc3ccccc3nc2C(=O)Nc2ccc(S(=O)(=O)Nc3ccc(OC)c(Cl)c3)cc2)c(Cl)c1. The Hall–Kier alpha value is -4.58. The molecule has 5 rings (SSSR count). The normalized spacial score (nSPS) is 11.1. The molecular formula is C29H22Cl2N4O6S. The number of anilines is 2. The number of para-hydroxylation sites is 2. The van der Waals surface area contributed by atoms with Gasteiger partial charge in [0.2, 0.25) is 0 Å². The number of amides is 1. The molecule has 0 aliphatic carbocycles. The van der Waals surface area contributed by atoms with Gasteiger partial charge in [0.25, 0.3) is 21.8 Å². The van der Waals surface area contributed by atoms with Crippen LogP contribution in [0.5, 0.6) is 23.1 Å². The number of nitrogens with zero attached hydrogens (tertiary/aromatic N) is 2. The number of nitrogens with one attached hydrogen (secondary N) is 2. The lowest BCUT2D eigenvalue weighted by Gasteiger charge is -2.13. The number of halogens is 2. The van der Waals surface area contributed by atoms with Gasteiger partial charge in [-0.3, -0.25) is 9.52 Å². The fourth-order valence-corrected chi connectivity index (χ4v) is 5.37. The number of benzene rings is 4. The molecular weight excluding hydrogens is 603 g/mol. The van der Waals surface area contributed by atoms with Crippen LogP contribution in [0.3, 0.4) is 0 Å². The van der Waals surface area contributed by atoms with Crippen molar-refractivity contribution < 1.29 is 27.4 Å². The Morgan fingerprint density at radius 2 is 1.40 bits per heavy atom. The fourth-order valence-electron chi connectivity index (χ4n) is 3.85. The first-order valence-electron chi connectivity index (χ1n) is 12.2. The van der Waals surface area contributed by atoms with Crippen LogP contribution in [0.4, 0.5) is 11.4 Å². The van der Waals surface area contributed by atoms with Crippen LogP contribution < -0.4 is 24.2 Å². The number of hydrogen-bond acceptors (Lipinski definition) is 8. The van der Waals surface area contributed by atoms with Crippen LogP contribution in [-0.4, -0.2) is 38.5 Å². The van der Waals surface area contributed by atoms with Crippen LogP contribution >= 0.6 is 23.2 Å². The second kappa shape index (κ2) is 12.1. The molecule has 1 heterocycles. The number of aromatic nitrogens is 2. The Morgan fingerprint density at radius 1 is 0.762 bits per heavy atom. The van der Waals surface area contributed by atoms with Gasteiger partial charge in [-0.2, -0.15) is 0 Å². The van der Waals surface area contributed by atoms with E-state index in [0.717, 1.165) is 0 Å². The molecule has 0 spiro atoms. The molecule has 42 heavy (non-hydrogen) atoms. The lowest BCUT2D eigenvalue weighted by Crippen LogP contribution is -2.16. The summed E-state index contributed by atoms with van der Waals surface area (Å²) < 4.78 is 44.5. The lowest BCUT2D eigenvalue weighted by molar-refractivity contribution is 0.101. The van der Waals surface area contributed by atoms with Crippen molar-refractivity contribution in [1.82, 2.24) is 9.97 Å². The molecule has 1 aromatic heterocycles. The van der Waals surface area contributed by atoms with E-state index in [1.165, 1.54) is 50.6 Å². The van der Waals surface area contributed by atoms with Crippen molar-refractivity contribution in [2.45, 2.75) is 4.90 Å². The minimum absolute atomic E-state index is 0.0314. The van der Waals surface area contributed by atoms with Gasteiger partial charge in [-0.15, -0.1) is 0 Å². The molecule has 5 aromatic rings. The Labute approximate surface area is 251 Å². The summed E-state index contributed by atoms with van der Waals surface area (Å²) in [5.74, 6) is 0.491. The van der Waals surface area contributed by atoms with Crippen LogP contribution in [0.2, 0.25) is 10.0 Å². The van der Waals surface area contributed by atoms with Gasteiger partial charge in [-0.05, 0) is 66.7 Å². The van der Waals surface area contributed by atoms with Crippen molar-refractivity contribution >= 4 is 61.5 Å². The first-order chi connectivity index (χ1) is 20.2. The lowest BCUT2D eigenvalue weighted by atomic mass is 10.2. The summed E-state index contributed by atoms with van der Waals surface area (Å²) in [6.45, 7) is 0. The van der Waals surface area contributed by atoms with Crippen LogP contribution in [0.15, 0.2) is 89.8 Å². The first-order valence-corrected chi connectivity index (χ1v) is 14.5. The standard InChI is InChI=1S/C29H22Cl2N4O6S/c1-39-19-10-14-26(22(31)16-19)41-29-27(33-23-5-3-4-6-24(23)34-29)28(36)32-17-7-11-20(12-8-17)42(37,38)35-18-9-13-25(40-2)21(30)15-18/h3-16,35H,1-2H3,(H,32,36). The average Bonchev–Trinajstić information content (AvgIpc) is 2.98. The van der Waals surface area contributed by atoms with Crippen molar-refractivity contribution in [3.63, 3.8) is 0 Å². The second-order valence-corrected chi connectivity index (χ2v) is 11.2. The van der Waals surface area contributed by atoms with Gasteiger partial charge in [0, 0.05) is 11.8 Å². The predicted molar refractivity (Wildman–Crippen MR) is 161 cm³/mol. The Balaban J connectivity index is 1.38. The van der Waals surface area contributed by atoms with Crippen LogP contribution in [0.1, 0.15) is 10.5 Å². The number of carbonyl (C=O) groups excluding carboxylic acids is 1. The summed E-state index contributed by atoms with van der Waals surface area (Å²) in [7, 11) is -0.974. The van der Waals surface area contributed by atoms with E-state index in [1.54, 1.807) is 48.5 Å². The molecule has 2 N–H and O–H groups in total.